The van der Waals surface area contributed by atoms with Crippen LogP contribution < -0.4 is 10.6 Å². The van der Waals surface area contributed by atoms with Crippen molar-refractivity contribution in [1.82, 2.24) is 0 Å². The van der Waals surface area contributed by atoms with E-state index in [9.17, 15) is 9.59 Å². The topological polar surface area (TPSA) is 92.9 Å². The standard InChI is InChI=1S/C15H18N2O4/c1-15(8-21-7-12(15)16)14(20)17-5-4-9-2-3-10(13(18)19)6-11(9)17/h2-3,6,12H,4-5,7-8,16H2,1H3,(H,18,19). The highest BCUT2D eigenvalue weighted by Crippen LogP contribution is 2.36. The van der Waals surface area contributed by atoms with Gasteiger partial charge in [-0.2, -0.15) is 0 Å². The van der Waals surface area contributed by atoms with E-state index in [1.165, 1.54) is 0 Å². The average Bonchev–Trinajstić information content (AvgIpc) is 3.02. The lowest BCUT2D eigenvalue weighted by atomic mass is 9.84. The first kappa shape index (κ1) is 14.0. The number of carbonyl (C=O) groups is 2. The van der Waals surface area contributed by atoms with Crippen LogP contribution in [0.4, 0.5) is 5.69 Å². The van der Waals surface area contributed by atoms with Gasteiger partial charge in [0, 0.05) is 18.3 Å². The molecule has 0 saturated carbocycles. The second kappa shape index (κ2) is 4.82. The monoisotopic (exact) mass is 290 g/mol. The second-order valence-electron chi connectivity index (χ2n) is 5.89. The lowest BCUT2D eigenvalue weighted by Gasteiger charge is -2.31. The minimum absolute atomic E-state index is 0.0891. The number of fused-ring (bicyclic) bond motifs is 1. The van der Waals surface area contributed by atoms with Gasteiger partial charge in [-0.15, -0.1) is 0 Å². The minimum Gasteiger partial charge on any atom is -0.478 e. The van der Waals surface area contributed by atoms with Crippen LogP contribution in [0.3, 0.4) is 0 Å². The molecule has 2 heterocycles. The van der Waals surface area contributed by atoms with Crippen LogP contribution in [0.25, 0.3) is 0 Å². The molecule has 6 nitrogen and oxygen atoms in total. The van der Waals surface area contributed by atoms with Gasteiger partial charge in [-0.1, -0.05) is 6.07 Å². The number of nitrogens with two attached hydrogens (primary N) is 1. The Morgan fingerprint density at radius 3 is 2.86 bits per heavy atom. The molecule has 112 valence electrons. The lowest BCUT2D eigenvalue weighted by Crippen LogP contribution is -2.51. The Balaban J connectivity index is 1.95. The number of carboxylic acids is 1. The Morgan fingerprint density at radius 1 is 1.48 bits per heavy atom. The van der Waals surface area contributed by atoms with Crippen molar-refractivity contribution in [2.45, 2.75) is 19.4 Å². The zero-order chi connectivity index (χ0) is 15.2. The second-order valence-corrected chi connectivity index (χ2v) is 5.89. The Bertz CT molecular complexity index is 616. The van der Waals surface area contributed by atoms with Gasteiger partial charge in [-0.25, -0.2) is 4.79 Å². The summed E-state index contributed by atoms with van der Waals surface area (Å²) in [5.74, 6) is -1.09. The van der Waals surface area contributed by atoms with Crippen LogP contribution in [-0.4, -0.2) is 42.8 Å². The molecule has 0 aromatic heterocycles. The molecule has 2 aliphatic rings. The van der Waals surface area contributed by atoms with Crippen molar-refractivity contribution in [1.29, 1.82) is 0 Å². The predicted octanol–water partition coefficient (Wildman–Crippen LogP) is 0.638. The van der Waals surface area contributed by atoms with Gasteiger partial charge in [0.2, 0.25) is 5.91 Å². The third kappa shape index (κ3) is 2.11. The van der Waals surface area contributed by atoms with Crippen LogP contribution in [0, 0.1) is 5.41 Å². The Morgan fingerprint density at radius 2 is 2.24 bits per heavy atom. The maximum absolute atomic E-state index is 12.8. The quantitative estimate of drug-likeness (QED) is 0.833. The van der Waals surface area contributed by atoms with E-state index in [1.807, 2.05) is 6.92 Å². The SMILES string of the molecule is CC1(C(=O)N2CCc3ccc(C(=O)O)cc32)COCC1N. The van der Waals surface area contributed by atoms with Gasteiger partial charge >= 0.3 is 5.97 Å². The molecule has 3 rings (SSSR count). The molecule has 1 saturated heterocycles. The molecule has 1 amide bonds. The summed E-state index contributed by atoms with van der Waals surface area (Å²) in [5.41, 5.74) is 7.12. The molecule has 0 bridgehead atoms. The molecule has 21 heavy (non-hydrogen) atoms. The fourth-order valence-corrected chi connectivity index (χ4v) is 2.94. The summed E-state index contributed by atoms with van der Waals surface area (Å²) in [5, 5.41) is 9.10. The Hall–Kier alpha value is -1.92. The Labute approximate surface area is 122 Å². The van der Waals surface area contributed by atoms with E-state index in [0.717, 1.165) is 12.0 Å². The summed E-state index contributed by atoms with van der Waals surface area (Å²) >= 11 is 0. The number of carbonyl (C=O) groups excluding carboxylic acids is 1. The molecule has 0 spiro atoms. The van der Waals surface area contributed by atoms with Crippen LogP contribution in [0.5, 0.6) is 0 Å². The number of ether oxygens (including phenoxy) is 1. The van der Waals surface area contributed by atoms with Crippen molar-refractivity contribution < 1.29 is 19.4 Å². The molecule has 3 N–H and O–H groups in total. The molecule has 2 atom stereocenters. The van der Waals surface area contributed by atoms with Gasteiger partial charge in [-0.05, 0) is 31.0 Å². The molecule has 0 aliphatic carbocycles. The van der Waals surface area contributed by atoms with Gasteiger partial charge in [0.15, 0.2) is 0 Å². The summed E-state index contributed by atoms with van der Waals surface area (Å²) < 4.78 is 5.34. The van der Waals surface area contributed by atoms with Gasteiger partial charge in [0.25, 0.3) is 0 Å². The molecular weight excluding hydrogens is 272 g/mol. The minimum atomic E-state index is -0.996. The number of hydrogen-bond acceptors (Lipinski definition) is 4. The third-order valence-electron chi connectivity index (χ3n) is 4.48. The van der Waals surface area contributed by atoms with E-state index in [-0.39, 0.29) is 17.5 Å². The highest BCUT2D eigenvalue weighted by molar-refractivity contribution is 6.01. The van der Waals surface area contributed by atoms with Crippen molar-refractivity contribution in [3.8, 4) is 0 Å². The van der Waals surface area contributed by atoms with Crippen LogP contribution in [0.1, 0.15) is 22.8 Å². The number of carboxylic acid groups (broad SMARTS) is 1. The highest BCUT2D eigenvalue weighted by atomic mass is 16.5. The summed E-state index contributed by atoms with van der Waals surface area (Å²) in [4.78, 5) is 25.6. The smallest absolute Gasteiger partial charge is 0.335 e. The molecule has 1 aromatic rings. The van der Waals surface area contributed by atoms with Crippen molar-refractivity contribution in [3.63, 3.8) is 0 Å². The third-order valence-corrected chi connectivity index (χ3v) is 4.48. The van der Waals surface area contributed by atoms with Crippen LogP contribution in [0.15, 0.2) is 18.2 Å². The van der Waals surface area contributed by atoms with Crippen molar-refractivity contribution in [3.05, 3.63) is 29.3 Å². The Kier molecular flexibility index (Phi) is 3.22. The van der Waals surface area contributed by atoms with E-state index in [4.69, 9.17) is 15.6 Å². The predicted molar refractivity (Wildman–Crippen MR) is 76.4 cm³/mol. The number of rotatable bonds is 2. The number of benzene rings is 1. The molecular formula is C15H18N2O4. The number of amides is 1. The van der Waals surface area contributed by atoms with Gasteiger partial charge in [0.1, 0.15) is 0 Å². The van der Waals surface area contributed by atoms with E-state index in [1.54, 1.807) is 23.1 Å². The fourth-order valence-electron chi connectivity index (χ4n) is 2.94. The molecule has 2 aliphatic heterocycles. The maximum atomic E-state index is 12.8. The molecule has 2 unspecified atom stereocenters. The molecule has 1 aromatic carbocycles. The average molecular weight is 290 g/mol. The largest absolute Gasteiger partial charge is 0.478 e. The van der Waals surface area contributed by atoms with E-state index >= 15 is 0 Å². The molecule has 0 radical (unpaired) electrons. The zero-order valence-corrected chi connectivity index (χ0v) is 11.8. The van der Waals surface area contributed by atoms with Gasteiger partial charge < -0.3 is 20.5 Å². The molecule has 6 heteroatoms. The highest BCUT2D eigenvalue weighted by Gasteiger charge is 2.47. The van der Waals surface area contributed by atoms with Gasteiger partial charge in [-0.3, -0.25) is 4.79 Å². The normalized spacial score (nSPS) is 27.7. The van der Waals surface area contributed by atoms with E-state index in [0.29, 0.717) is 25.4 Å². The number of hydrogen-bond donors (Lipinski definition) is 2. The first-order valence-electron chi connectivity index (χ1n) is 6.95. The van der Waals surface area contributed by atoms with Crippen LogP contribution in [-0.2, 0) is 16.0 Å². The summed E-state index contributed by atoms with van der Waals surface area (Å²) in [6.07, 6.45) is 0.729. The van der Waals surface area contributed by atoms with E-state index < -0.39 is 11.4 Å². The zero-order valence-electron chi connectivity index (χ0n) is 11.8. The first-order valence-corrected chi connectivity index (χ1v) is 6.95. The molecule has 1 fully saturated rings. The summed E-state index contributed by atoms with van der Waals surface area (Å²) in [6, 6.07) is 4.57. The van der Waals surface area contributed by atoms with Crippen molar-refractivity contribution in [2.75, 3.05) is 24.7 Å². The maximum Gasteiger partial charge on any atom is 0.335 e. The lowest BCUT2D eigenvalue weighted by molar-refractivity contribution is -0.127. The fraction of sp³-hybridized carbons (Fsp3) is 0.467. The number of nitrogens with zero attached hydrogens (tertiary/aromatic N) is 1. The van der Waals surface area contributed by atoms with Crippen LogP contribution >= 0.6 is 0 Å². The van der Waals surface area contributed by atoms with Crippen molar-refractivity contribution >= 4 is 17.6 Å². The number of aromatic carboxylic acids is 1. The van der Waals surface area contributed by atoms with Gasteiger partial charge in [0.05, 0.1) is 24.2 Å². The van der Waals surface area contributed by atoms with E-state index in [2.05, 4.69) is 0 Å². The van der Waals surface area contributed by atoms with Crippen LogP contribution in [0.2, 0.25) is 0 Å². The first-order chi connectivity index (χ1) is 9.93. The summed E-state index contributed by atoms with van der Waals surface area (Å²) in [7, 11) is 0. The van der Waals surface area contributed by atoms with Crippen molar-refractivity contribution in [2.24, 2.45) is 11.1 Å². The summed E-state index contributed by atoms with van der Waals surface area (Å²) in [6.45, 7) is 3.04. The number of anilines is 1.